The maximum absolute atomic E-state index is 12.3. The van der Waals surface area contributed by atoms with Crippen molar-refractivity contribution in [3.05, 3.63) is 129 Å². The van der Waals surface area contributed by atoms with Gasteiger partial charge in [-0.15, -0.1) is 0 Å². The van der Waals surface area contributed by atoms with E-state index in [1.165, 1.54) is 27.0 Å². The van der Waals surface area contributed by atoms with Gasteiger partial charge in [0.2, 0.25) is 6.08 Å². The van der Waals surface area contributed by atoms with Gasteiger partial charge in [0.05, 0.1) is 32.1 Å². The van der Waals surface area contributed by atoms with Crippen LogP contribution in [-0.4, -0.2) is 102 Å². The first-order valence-electron chi connectivity index (χ1n) is 18.6. The number of amides is 5. The fraction of sp³-hybridized carbons (Fsp3) is 0.333. The zero-order valence-electron chi connectivity index (χ0n) is 32.7. The Morgan fingerprint density at radius 3 is 1.50 bits per heavy atom. The van der Waals surface area contributed by atoms with E-state index in [0.717, 1.165) is 24.0 Å². The number of rotatable bonds is 17. The minimum absolute atomic E-state index is 0.00160. The summed E-state index contributed by atoms with van der Waals surface area (Å²) < 4.78 is 5.14. The zero-order valence-corrected chi connectivity index (χ0v) is 34.2. The second-order valence-corrected chi connectivity index (χ2v) is 13.0. The number of anilines is 1. The van der Waals surface area contributed by atoms with Crippen LogP contribution in [0.1, 0.15) is 36.1 Å². The van der Waals surface area contributed by atoms with Crippen molar-refractivity contribution < 1.29 is 39.2 Å². The van der Waals surface area contributed by atoms with E-state index in [2.05, 4.69) is 34.8 Å². The number of halogens is 2. The molecule has 0 aromatic heterocycles. The third-order valence-corrected chi connectivity index (χ3v) is 8.92. The molecule has 0 saturated heterocycles. The number of carbonyl (C=O) groups excluding carboxylic acids is 4. The molecule has 0 aliphatic rings. The molecule has 5 amide bonds. The molecule has 312 valence electrons. The highest BCUT2D eigenvalue weighted by atomic mass is 35.5. The van der Waals surface area contributed by atoms with E-state index < -0.39 is 6.09 Å². The number of aliphatic hydroxyl groups excluding tert-OH is 3. The fourth-order valence-corrected chi connectivity index (χ4v) is 5.33. The SMILES string of the molecule is CCc1ccc(N=C=O)cc1.CCc1ccc(NC(=O)OCCN(CCO)C(=O)NCc2ccccc2Cl)cc1.O=C(NCc1ccccc1Cl)N(CCO)CCO. The van der Waals surface area contributed by atoms with Gasteiger partial charge in [-0.1, -0.05) is 97.7 Å². The van der Waals surface area contributed by atoms with Crippen LogP contribution in [0, 0.1) is 0 Å². The molecule has 0 fully saturated rings. The standard InChI is InChI=1S/C21H26ClN3O4.C12H17ClN2O3.C9H9NO/c1-2-16-7-9-18(10-8-16)24-21(28)29-14-12-25(11-13-26)20(27)23-15-17-5-3-4-6-19(17)22;13-11-4-2-1-3-10(11)9-14-12(18)15(5-7-16)6-8-17;1-2-8-3-5-9(6-4-8)10-7-11/h3-10,26H,2,11-15H2,1H3,(H,23,27)(H,24,28);1-4,16-17H,5-9H2,(H,14,18);3-6H,2H2,1H3. The molecule has 0 spiro atoms. The first-order valence-corrected chi connectivity index (χ1v) is 19.4. The number of ether oxygens (including phenoxy) is 1. The minimum Gasteiger partial charge on any atom is -0.447 e. The van der Waals surface area contributed by atoms with Gasteiger partial charge in [0, 0.05) is 48.5 Å². The van der Waals surface area contributed by atoms with Gasteiger partial charge in [-0.25, -0.2) is 19.2 Å². The Morgan fingerprint density at radius 1 is 0.655 bits per heavy atom. The number of aryl methyl sites for hydroxylation is 2. The zero-order chi connectivity index (χ0) is 42.5. The topological polar surface area (TPSA) is 193 Å². The molecular weight excluding hydrogens is 787 g/mol. The summed E-state index contributed by atoms with van der Waals surface area (Å²) in [4.78, 5) is 52.0. The van der Waals surface area contributed by atoms with Crippen LogP contribution < -0.4 is 16.0 Å². The molecule has 0 unspecified atom stereocenters. The van der Waals surface area contributed by atoms with Gasteiger partial charge in [-0.05, 0) is 71.5 Å². The summed E-state index contributed by atoms with van der Waals surface area (Å²) in [5.41, 5.74) is 5.33. The third kappa shape index (κ3) is 19.1. The van der Waals surface area contributed by atoms with Crippen molar-refractivity contribution in [2.75, 3.05) is 57.9 Å². The summed E-state index contributed by atoms with van der Waals surface area (Å²) in [5, 5.41) is 36.1. The van der Waals surface area contributed by atoms with Crippen LogP contribution >= 0.6 is 23.2 Å². The van der Waals surface area contributed by atoms with Crippen molar-refractivity contribution in [3.63, 3.8) is 0 Å². The Labute approximate surface area is 349 Å². The van der Waals surface area contributed by atoms with Crippen molar-refractivity contribution in [1.82, 2.24) is 20.4 Å². The highest BCUT2D eigenvalue weighted by molar-refractivity contribution is 6.31. The molecule has 0 radical (unpaired) electrons. The normalized spacial score (nSPS) is 9.98. The van der Waals surface area contributed by atoms with Crippen molar-refractivity contribution >= 4 is 58.8 Å². The molecule has 0 saturated carbocycles. The Kier molecular flexibility index (Phi) is 24.2. The first kappa shape index (κ1) is 48.7. The number of isocyanates is 1. The Balaban J connectivity index is 0.000000338. The van der Waals surface area contributed by atoms with Crippen LogP contribution in [0.4, 0.5) is 25.8 Å². The number of aliphatic imine (C=N–C) groups is 1. The second kappa shape index (κ2) is 28.9. The summed E-state index contributed by atoms with van der Waals surface area (Å²) in [5.74, 6) is 0. The number of hydrogen-bond acceptors (Lipinski definition) is 9. The lowest BCUT2D eigenvalue weighted by molar-refractivity contribution is 0.133. The average Bonchev–Trinajstić information content (AvgIpc) is 3.23. The summed E-state index contributed by atoms with van der Waals surface area (Å²) in [7, 11) is 0. The van der Waals surface area contributed by atoms with Crippen molar-refractivity contribution in [2.45, 2.75) is 39.8 Å². The van der Waals surface area contributed by atoms with E-state index in [4.69, 9.17) is 38.2 Å². The van der Waals surface area contributed by atoms with Gasteiger partial charge in [0.15, 0.2) is 0 Å². The van der Waals surface area contributed by atoms with Crippen LogP contribution in [0.3, 0.4) is 0 Å². The highest BCUT2D eigenvalue weighted by Gasteiger charge is 2.15. The van der Waals surface area contributed by atoms with Gasteiger partial charge in [0.25, 0.3) is 0 Å². The molecule has 16 heteroatoms. The molecule has 4 aromatic rings. The number of nitrogens with zero attached hydrogens (tertiary/aromatic N) is 3. The Hall–Kier alpha value is -5.47. The van der Waals surface area contributed by atoms with E-state index >= 15 is 0 Å². The number of carbonyl (C=O) groups is 3. The number of benzene rings is 4. The van der Waals surface area contributed by atoms with Gasteiger partial charge in [-0.3, -0.25) is 5.32 Å². The second-order valence-electron chi connectivity index (χ2n) is 12.2. The molecule has 0 aliphatic carbocycles. The van der Waals surface area contributed by atoms with E-state index in [0.29, 0.717) is 28.0 Å². The molecule has 0 aliphatic heterocycles. The minimum atomic E-state index is -0.602. The molecule has 0 bridgehead atoms. The van der Waals surface area contributed by atoms with E-state index in [1.807, 2.05) is 72.8 Å². The molecular formula is C42H52Cl2N6O8. The van der Waals surface area contributed by atoms with Crippen LogP contribution in [0.15, 0.2) is 102 Å². The largest absolute Gasteiger partial charge is 0.447 e. The van der Waals surface area contributed by atoms with Crippen molar-refractivity contribution in [2.24, 2.45) is 4.99 Å². The van der Waals surface area contributed by atoms with Gasteiger partial charge in [-0.2, -0.15) is 4.99 Å². The van der Waals surface area contributed by atoms with Gasteiger partial charge in [0.1, 0.15) is 6.61 Å². The molecule has 0 heterocycles. The molecule has 58 heavy (non-hydrogen) atoms. The number of nitrogens with one attached hydrogen (secondary N) is 3. The molecule has 4 rings (SSSR count). The molecule has 14 nitrogen and oxygen atoms in total. The van der Waals surface area contributed by atoms with E-state index in [-0.39, 0.29) is 71.2 Å². The highest BCUT2D eigenvalue weighted by Crippen LogP contribution is 2.16. The quantitative estimate of drug-likeness (QED) is 0.0499. The maximum atomic E-state index is 12.3. The van der Waals surface area contributed by atoms with E-state index in [1.54, 1.807) is 24.3 Å². The lowest BCUT2D eigenvalue weighted by atomic mass is 10.1. The molecule has 0 atom stereocenters. The lowest BCUT2D eigenvalue weighted by Crippen LogP contribution is -2.43. The predicted octanol–water partition coefficient (Wildman–Crippen LogP) is 6.71. The van der Waals surface area contributed by atoms with E-state index in [9.17, 15) is 24.3 Å². The van der Waals surface area contributed by atoms with Crippen molar-refractivity contribution in [3.8, 4) is 0 Å². The van der Waals surface area contributed by atoms with Crippen LogP contribution in [0.5, 0.6) is 0 Å². The van der Waals surface area contributed by atoms with Crippen LogP contribution in [0.25, 0.3) is 0 Å². The number of urea groups is 2. The van der Waals surface area contributed by atoms with Crippen LogP contribution in [-0.2, 0) is 35.5 Å². The first-order chi connectivity index (χ1) is 28.1. The van der Waals surface area contributed by atoms with Crippen molar-refractivity contribution in [1.29, 1.82) is 0 Å². The lowest BCUT2D eigenvalue weighted by Gasteiger charge is -2.22. The molecule has 4 aromatic carbocycles. The third-order valence-electron chi connectivity index (χ3n) is 8.18. The van der Waals surface area contributed by atoms with Crippen LogP contribution in [0.2, 0.25) is 10.0 Å². The smallest absolute Gasteiger partial charge is 0.411 e. The summed E-state index contributed by atoms with van der Waals surface area (Å²) in [6.07, 6.45) is 2.82. The van der Waals surface area contributed by atoms with Gasteiger partial charge >= 0.3 is 18.2 Å². The predicted molar refractivity (Wildman–Crippen MR) is 226 cm³/mol. The Bertz CT molecular complexity index is 1860. The Morgan fingerprint density at radius 2 is 1.09 bits per heavy atom. The average molecular weight is 840 g/mol. The summed E-state index contributed by atoms with van der Waals surface area (Å²) in [6, 6.07) is 28.7. The fourth-order valence-electron chi connectivity index (χ4n) is 4.93. The maximum Gasteiger partial charge on any atom is 0.411 e. The summed E-state index contributed by atoms with van der Waals surface area (Å²) >= 11 is 12.0. The number of hydrogen-bond donors (Lipinski definition) is 6. The molecule has 6 N–H and O–H groups in total. The summed E-state index contributed by atoms with van der Waals surface area (Å²) in [6.45, 7) is 4.88. The van der Waals surface area contributed by atoms with Gasteiger partial charge < -0.3 is 40.5 Å². The number of aliphatic hydroxyl groups is 3. The monoisotopic (exact) mass is 838 g/mol.